The summed E-state index contributed by atoms with van der Waals surface area (Å²) in [5, 5.41) is 0. The average Bonchev–Trinajstić information content (AvgIpc) is 2.31. The van der Waals surface area contributed by atoms with Gasteiger partial charge in [-0.05, 0) is 48.2 Å². The predicted octanol–water partition coefficient (Wildman–Crippen LogP) is 3.56. The van der Waals surface area contributed by atoms with Gasteiger partial charge in [-0.15, -0.1) is 0 Å². The van der Waals surface area contributed by atoms with Crippen LogP contribution in [0.1, 0.15) is 11.1 Å². The van der Waals surface area contributed by atoms with E-state index in [0.717, 1.165) is 11.3 Å². The molecule has 0 bridgehead atoms. The van der Waals surface area contributed by atoms with Crippen LogP contribution in [-0.4, -0.2) is 7.11 Å². The molecular weight excluding hydrogens is 210 g/mol. The van der Waals surface area contributed by atoms with E-state index in [1.165, 1.54) is 16.7 Å². The van der Waals surface area contributed by atoms with Crippen molar-refractivity contribution in [3.05, 3.63) is 47.5 Å². The van der Waals surface area contributed by atoms with Gasteiger partial charge in [0.05, 0.1) is 12.8 Å². The Bertz CT molecular complexity index is 526. The molecule has 0 aliphatic carbocycles. The fourth-order valence-electron chi connectivity index (χ4n) is 2.14. The second kappa shape index (κ2) is 4.50. The van der Waals surface area contributed by atoms with E-state index in [1.54, 1.807) is 7.11 Å². The summed E-state index contributed by atoms with van der Waals surface area (Å²) in [5.41, 5.74) is 11.4. The summed E-state index contributed by atoms with van der Waals surface area (Å²) < 4.78 is 5.26. The number of methoxy groups -OCH3 is 1. The lowest BCUT2D eigenvalue weighted by atomic mass is 9.95. The molecule has 2 aromatic rings. The number of aryl methyl sites for hydroxylation is 2. The van der Waals surface area contributed by atoms with Crippen molar-refractivity contribution in [2.24, 2.45) is 0 Å². The zero-order valence-corrected chi connectivity index (χ0v) is 10.4. The molecule has 2 N–H and O–H groups in total. The minimum atomic E-state index is 0.669. The number of ether oxygens (including phenoxy) is 1. The molecule has 2 aromatic carbocycles. The largest absolute Gasteiger partial charge is 0.495 e. The predicted molar refractivity (Wildman–Crippen MR) is 72.3 cm³/mol. The summed E-state index contributed by atoms with van der Waals surface area (Å²) in [7, 11) is 1.64. The van der Waals surface area contributed by atoms with Crippen molar-refractivity contribution in [2.45, 2.75) is 13.8 Å². The van der Waals surface area contributed by atoms with Crippen LogP contribution in [0.5, 0.6) is 5.75 Å². The number of benzene rings is 2. The maximum atomic E-state index is 5.83. The van der Waals surface area contributed by atoms with E-state index in [-0.39, 0.29) is 0 Å². The SMILES string of the molecule is COc1cc(-c2c(C)cccc2C)ccc1N. The summed E-state index contributed by atoms with van der Waals surface area (Å²) >= 11 is 0. The van der Waals surface area contributed by atoms with Crippen molar-refractivity contribution in [3.8, 4) is 16.9 Å². The molecule has 0 amide bonds. The zero-order chi connectivity index (χ0) is 12.4. The molecule has 0 aliphatic heterocycles. The number of nitrogen functional groups attached to an aromatic ring is 1. The highest BCUT2D eigenvalue weighted by Gasteiger charge is 2.07. The van der Waals surface area contributed by atoms with Gasteiger partial charge in [-0.25, -0.2) is 0 Å². The Kier molecular flexibility index (Phi) is 3.05. The third-order valence-electron chi connectivity index (χ3n) is 3.00. The topological polar surface area (TPSA) is 35.2 Å². The van der Waals surface area contributed by atoms with E-state index in [0.29, 0.717) is 5.69 Å². The minimum Gasteiger partial charge on any atom is -0.495 e. The lowest BCUT2D eigenvalue weighted by Crippen LogP contribution is -1.94. The molecule has 88 valence electrons. The quantitative estimate of drug-likeness (QED) is 0.796. The number of rotatable bonds is 2. The van der Waals surface area contributed by atoms with Crippen molar-refractivity contribution in [1.82, 2.24) is 0 Å². The van der Waals surface area contributed by atoms with Gasteiger partial charge in [0.2, 0.25) is 0 Å². The molecule has 0 saturated heterocycles. The molecule has 2 nitrogen and oxygen atoms in total. The highest BCUT2D eigenvalue weighted by Crippen LogP contribution is 2.32. The normalized spacial score (nSPS) is 10.3. The molecule has 0 unspecified atom stereocenters. The maximum Gasteiger partial charge on any atom is 0.142 e. The van der Waals surface area contributed by atoms with Crippen molar-refractivity contribution in [2.75, 3.05) is 12.8 Å². The summed E-state index contributed by atoms with van der Waals surface area (Å²) in [4.78, 5) is 0. The van der Waals surface area contributed by atoms with Gasteiger partial charge >= 0.3 is 0 Å². The number of hydrogen-bond acceptors (Lipinski definition) is 2. The first-order valence-corrected chi connectivity index (χ1v) is 5.63. The minimum absolute atomic E-state index is 0.669. The molecule has 2 heteroatoms. The van der Waals surface area contributed by atoms with Crippen LogP contribution in [-0.2, 0) is 0 Å². The van der Waals surface area contributed by atoms with Gasteiger partial charge < -0.3 is 10.5 Å². The second-order valence-electron chi connectivity index (χ2n) is 4.22. The molecule has 0 atom stereocenters. The van der Waals surface area contributed by atoms with Crippen LogP contribution in [0.25, 0.3) is 11.1 Å². The Hall–Kier alpha value is -1.96. The monoisotopic (exact) mass is 227 g/mol. The zero-order valence-electron chi connectivity index (χ0n) is 10.4. The molecule has 0 fully saturated rings. The van der Waals surface area contributed by atoms with Crippen LogP contribution < -0.4 is 10.5 Å². The molecule has 0 radical (unpaired) electrons. The van der Waals surface area contributed by atoms with Crippen LogP contribution in [0, 0.1) is 13.8 Å². The van der Waals surface area contributed by atoms with E-state index < -0.39 is 0 Å². The third kappa shape index (κ3) is 2.11. The first-order valence-electron chi connectivity index (χ1n) is 5.63. The van der Waals surface area contributed by atoms with Crippen molar-refractivity contribution >= 4 is 5.69 Å². The molecule has 0 saturated carbocycles. The van der Waals surface area contributed by atoms with Gasteiger partial charge in [0.25, 0.3) is 0 Å². The second-order valence-corrected chi connectivity index (χ2v) is 4.22. The number of hydrogen-bond donors (Lipinski definition) is 1. The van der Waals surface area contributed by atoms with Gasteiger partial charge in [0.15, 0.2) is 0 Å². The van der Waals surface area contributed by atoms with Gasteiger partial charge in [0, 0.05) is 0 Å². The van der Waals surface area contributed by atoms with Crippen LogP contribution >= 0.6 is 0 Å². The highest BCUT2D eigenvalue weighted by atomic mass is 16.5. The lowest BCUT2D eigenvalue weighted by molar-refractivity contribution is 0.417. The molecule has 0 heterocycles. The third-order valence-corrected chi connectivity index (χ3v) is 3.00. The van der Waals surface area contributed by atoms with Gasteiger partial charge in [-0.2, -0.15) is 0 Å². The maximum absolute atomic E-state index is 5.83. The smallest absolute Gasteiger partial charge is 0.142 e. The fraction of sp³-hybridized carbons (Fsp3) is 0.200. The summed E-state index contributed by atoms with van der Waals surface area (Å²) in [6, 6.07) is 12.2. The van der Waals surface area contributed by atoms with Crippen LogP contribution in [0.15, 0.2) is 36.4 Å². The fourth-order valence-corrected chi connectivity index (χ4v) is 2.14. The molecule has 17 heavy (non-hydrogen) atoms. The van der Waals surface area contributed by atoms with Gasteiger partial charge in [0.1, 0.15) is 5.75 Å². The van der Waals surface area contributed by atoms with Crippen molar-refractivity contribution in [1.29, 1.82) is 0 Å². The molecule has 0 aromatic heterocycles. The van der Waals surface area contributed by atoms with Crippen molar-refractivity contribution < 1.29 is 4.74 Å². The van der Waals surface area contributed by atoms with E-state index in [4.69, 9.17) is 10.5 Å². The molecule has 2 rings (SSSR count). The van der Waals surface area contributed by atoms with E-state index in [9.17, 15) is 0 Å². The number of anilines is 1. The van der Waals surface area contributed by atoms with Gasteiger partial charge in [-0.1, -0.05) is 24.3 Å². The Morgan fingerprint density at radius 3 is 2.24 bits per heavy atom. The van der Waals surface area contributed by atoms with E-state index >= 15 is 0 Å². The standard InChI is InChI=1S/C15H17NO/c1-10-5-4-6-11(2)15(10)12-7-8-13(16)14(9-12)17-3/h4-9H,16H2,1-3H3. The Balaban J connectivity index is 2.61. The summed E-state index contributed by atoms with van der Waals surface area (Å²) in [5.74, 6) is 0.727. The van der Waals surface area contributed by atoms with Gasteiger partial charge in [-0.3, -0.25) is 0 Å². The molecule has 0 spiro atoms. The lowest BCUT2D eigenvalue weighted by Gasteiger charge is -2.12. The van der Waals surface area contributed by atoms with Crippen LogP contribution in [0.4, 0.5) is 5.69 Å². The molecular formula is C15H17NO. The Labute approximate surface area is 102 Å². The number of nitrogens with two attached hydrogens (primary N) is 1. The first-order chi connectivity index (χ1) is 8.13. The highest BCUT2D eigenvalue weighted by molar-refractivity contribution is 5.74. The summed E-state index contributed by atoms with van der Waals surface area (Å²) in [6.07, 6.45) is 0. The molecule has 0 aliphatic rings. The van der Waals surface area contributed by atoms with E-state index in [2.05, 4.69) is 32.0 Å². The van der Waals surface area contributed by atoms with Crippen LogP contribution in [0.3, 0.4) is 0 Å². The van der Waals surface area contributed by atoms with Crippen molar-refractivity contribution in [3.63, 3.8) is 0 Å². The summed E-state index contributed by atoms with van der Waals surface area (Å²) in [6.45, 7) is 4.23. The van der Waals surface area contributed by atoms with Crippen LogP contribution in [0.2, 0.25) is 0 Å². The Morgan fingerprint density at radius 1 is 1.00 bits per heavy atom. The Morgan fingerprint density at radius 2 is 1.65 bits per heavy atom. The average molecular weight is 227 g/mol. The first kappa shape index (κ1) is 11.5. The van der Waals surface area contributed by atoms with E-state index in [1.807, 2.05) is 18.2 Å².